The molecule has 2 heterocycles. The topological polar surface area (TPSA) is 75.9 Å². The van der Waals surface area contributed by atoms with E-state index in [1.165, 1.54) is 23.3 Å². The first-order chi connectivity index (χ1) is 13.3. The van der Waals surface area contributed by atoms with Crippen molar-refractivity contribution in [3.05, 3.63) is 60.2 Å². The molecule has 0 atom stereocenters. The van der Waals surface area contributed by atoms with E-state index in [9.17, 15) is 4.79 Å². The molecule has 1 amide bonds. The molecule has 0 radical (unpaired) electrons. The first-order valence-corrected chi connectivity index (χ1v) is 9.22. The molecule has 3 aromatic rings. The number of tetrazole rings is 1. The highest BCUT2D eigenvalue weighted by molar-refractivity contribution is 5.75. The average Bonchev–Trinajstić information content (AvgIpc) is 3.40. The molecule has 138 valence electrons. The van der Waals surface area contributed by atoms with E-state index in [-0.39, 0.29) is 12.5 Å². The van der Waals surface area contributed by atoms with Crippen LogP contribution >= 0.6 is 0 Å². The van der Waals surface area contributed by atoms with Crippen LogP contribution in [0.15, 0.2) is 54.6 Å². The van der Waals surface area contributed by atoms with Gasteiger partial charge in [-0.05, 0) is 29.7 Å². The molecule has 0 unspecified atom stereocenters. The molecule has 1 fully saturated rings. The molecule has 0 saturated carbocycles. The Morgan fingerprint density at radius 3 is 2.56 bits per heavy atom. The van der Waals surface area contributed by atoms with E-state index in [2.05, 4.69) is 37.8 Å². The largest absolute Gasteiger partial charge is 0.371 e. The molecule has 2 aromatic carbocycles. The molecule has 27 heavy (non-hydrogen) atoms. The summed E-state index contributed by atoms with van der Waals surface area (Å²) in [5.41, 5.74) is 3.22. The fraction of sp³-hybridized carbons (Fsp3) is 0.300. The van der Waals surface area contributed by atoms with E-state index in [1.807, 2.05) is 42.5 Å². The quantitative estimate of drug-likeness (QED) is 0.728. The predicted molar refractivity (Wildman–Crippen MR) is 103 cm³/mol. The van der Waals surface area contributed by atoms with Gasteiger partial charge in [-0.15, -0.1) is 10.2 Å². The van der Waals surface area contributed by atoms with Crippen molar-refractivity contribution in [2.24, 2.45) is 0 Å². The zero-order valence-corrected chi connectivity index (χ0v) is 15.1. The maximum Gasteiger partial charge on any atom is 0.243 e. The van der Waals surface area contributed by atoms with E-state index in [0.29, 0.717) is 12.4 Å². The highest BCUT2D eigenvalue weighted by atomic mass is 16.2. The van der Waals surface area contributed by atoms with Gasteiger partial charge in [0.2, 0.25) is 11.7 Å². The van der Waals surface area contributed by atoms with Crippen molar-refractivity contribution < 1.29 is 4.79 Å². The Bertz CT molecular complexity index is 902. The maximum absolute atomic E-state index is 12.3. The molecular weight excluding hydrogens is 340 g/mol. The number of carbonyl (C=O) groups excluding carboxylic acids is 1. The number of hydrogen-bond acceptors (Lipinski definition) is 5. The summed E-state index contributed by atoms with van der Waals surface area (Å²) in [7, 11) is 0. The van der Waals surface area contributed by atoms with E-state index in [0.717, 1.165) is 24.2 Å². The number of hydrogen-bond donors (Lipinski definition) is 1. The minimum absolute atomic E-state index is 0.0473. The molecule has 0 bridgehead atoms. The zero-order chi connectivity index (χ0) is 18.5. The first-order valence-electron chi connectivity index (χ1n) is 9.22. The monoisotopic (exact) mass is 362 g/mol. The Balaban J connectivity index is 1.36. The van der Waals surface area contributed by atoms with Gasteiger partial charge in [0, 0.05) is 30.9 Å². The number of carbonyl (C=O) groups is 1. The van der Waals surface area contributed by atoms with Gasteiger partial charge >= 0.3 is 0 Å². The van der Waals surface area contributed by atoms with Crippen LogP contribution in [0.1, 0.15) is 18.4 Å². The molecule has 7 heteroatoms. The van der Waals surface area contributed by atoms with Crippen molar-refractivity contribution in [2.45, 2.75) is 25.9 Å². The van der Waals surface area contributed by atoms with Crippen molar-refractivity contribution in [2.75, 3.05) is 18.0 Å². The van der Waals surface area contributed by atoms with Crippen molar-refractivity contribution >= 4 is 11.6 Å². The van der Waals surface area contributed by atoms with Crippen LogP contribution in [0, 0.1) is 0 Å². The molecule has 0 aliphatic carbocycles. The summed E-state index contributed by atoms with van der Waals surface area (Å²) in [6.45, 7) is 2.70. The van der Waals surface area contributed by atoms with Gasteiger partial charge in [-0.3, -0.25) is 4.79 Å². The van der Waals surface area contributed by atoms with Gasteiger partial charge in [-0.1, -0.05) is 48.5 Å². The molecule has 1 saturated heterocycles. The van der Waals surface area contributed by atoms with Crippen molar-refractivity contribution in [3.8, 4) is 11.4 Å². The third-order valence-electron chi connectivity index (χ3n) is 4.68. The van der Waals surface area contributed by atoms with Crippen LogP contribution in [0.4, 0.5) is 5.69 Å². The number of amides is 1. The van der Waals surface area contributed by atoms with Crippen LogP contribution < -0.4 is 10.2 Å². The summed E-state index contributed by atoms with van der Waals surface area (Å²) in [4.78, 5) is 16.0. The lowest BCUT2D eigenvalue weighted by Gasteiger charge is -2.21. The molecule has 1 aromatic heterocycles. The van der Waals surface area contributed by atoms with Gasteiger partial charge in [-0.25, -0.2) is 0 Å². The summed E-state index contributed by atoms with van der Waals surface area (Å²) in [5.74, 6) is 0.381. The minimum atomic E-state index is -0.136. The van der Waals surface area contributed by atoms with Crippen LogP contribution in [0.25, 0.3) is 11.4 Å². The summed E-state index contributed by atoms with van der Waals surface area (Å²) in [5, 5.41) is 15.2. The Labute approximate surface area is 158 Å². The van der Waals surface area contributed by atoms with Gasteiger partial charge in [0.1, 0.15) is 6.54 Å². The maximum atomic E-state index is 12.3. The predicted octanol–water partition coefficient (Wildman–Crippen LogP) is 2.26. The lowest BCUT2D eigenvalue weighted by Crippen LogP contribution is -2.29. The highest BCUT2D eigenvalue weighted by Gasteiger charge is 2.16. The standard InChI is InChI=1S/C20H22N6O/c27-19(15-26-23-20(22-24-26)16-8-2-1-3-9-16)21-14-17-10-4-5-11-18(17)25-12-6-7-13-25/h1-5,8-11H,6-7,12-15H2,(H,21,27). The summed E-state index contributed by atoms with van der Waals surface area (Å²) >= 11 is 0. The van der Waals surface area contributed by atoms with Gasteiger partial charge in [-0.2, -0.15) is 4.80 Å². The molecule has 1 aliphatic rings. The number of benzene rings is 2. The number of nitrogens with one attached hydrogen (secondary N) is 1. The molecule has 1 aliphatic heterocycles. The smallest absolute Gasteiger partial charge is 0.243 e. The van der Waals surface area contributed by atoms with Gasteiger partial charge in [0.25, 0.3) is 0 Å². The summed E-state index contributed by atoms with van der Waals surface area (Å²) in [6, 6.07) is 17.8. The SMILES string of the molecule is O=C(Cn1nnc(-c2ccccc2)n1)NCc1ccccc1N1CCCC1. The van der Waals surface area contributed by atoms with Crippen LogP contribution in [-0.4, -0.2) is 39.2 Å². The van der Waals surface area contributed by atoms with E-state index >= 15 is 0 Å². The van der Waals surface area contributed by atoms with Crippen molar-refractivity contribution in [1.29, 1.82) is 0 Å². The summed E-state index contributed by atoms with van der Waals surface area (Å²) in [6.07, 6.45) is 2.45. The second-order valence-corrected chi connectivity index (χ2v) is 6.61. The fourth-order valence-corrected chi connectivity index (χ4v) is 3.32. The molecular formula is C20H22N6O. The normalized spacial score (nSPS) is 13.7. The average molecular weight is 362 g/mol. The van der Waals surface area contributed by atoms with Crippen LogP contribution in [0.3, 0.4) is 0 Å². The van der Waals surface area contributed by atoms with Gasteiger partial charge in [0.05, 0.1) is 0 Å². The highest BCUT2D eigenvalue weighted by Crippen LogP contribution is 2.24. The van der Waals surface area contributed by atoms with E-state index in [4.69, 9.17) is 0 Å². The Hall–Kier alpha value is -3.22. The van der Waals surface area contributed by atoms with E-state index < -0.39 is 0 Å². The fourth-order valence-electron chi connectivity index (χ4n) is 3.32. The molecule has 1 N–H and O–H groups in total. The first kappa shape index (κ1) is 17.2. The van der Waals surface area contributed by atoms with Crippen LogP contribution in [0.2, 0.25) is 0 Å². The van der Waals surface area contributed by atoms with Crippen molar-refractivity contribution in [1.82, 2.24) is 25.5 Å². The van der Waals surface area contributed by atoms with Gasteiger partial charge in [0.15, 0.2) is 0 Å². The second kappa shape index (κ2) is 7.99. The third-order valence-corrected chi connectivity index (χ3v) is 4.68. The third kappa shape index (κ3) is 4.13. The number of anilines is 1. The second-order valence-electron chi connectivity index (χ2n) is 6.61. The molecule has 0 spiro atoms. The number of nitrogens with zero attached hydrogens (tertiary/aromatic N) is 5. The Kier molecular flexibility index (Phi) is 5.09. The molecule has 7 nitrogen and oxygen atoms in total. The van der Waals surface area contributed by atoms with Gasteiger partial charge < -0.3 is 10.2 Å². The molecule has 4 rings (SSSR count). The minimum Gasteiger partial charge on any atom is -0.371 e. The lowest BCUT2D eigenvalue weighted by atomic mass is 10.1. The summed E-state index contributed by atoms with van der Waals surface area (Å²) < 4.78 is 0. The number of rotatable bonds is 6. The van der Waals surface area contributed by atoms with Crippen LogP contribution in [0.5, 0.6) is 0 Å². The Morgan fingerprint density at radius 1 is 1.00 bits per heavy atom. The lowest BCUT2D eigenvalue weighted by molar-refractivity contribution is -0.122. The Morgan fingerprint density at radius 2 is 1.74 bits per heavy atom. The van der Waals surface area contributed by atoms with E-state index in [1.54, 1.807) is 0 Å². The van der Waals surface area contributed by atoms with Crippen molar-refractivity contribution in [3.63, 3.8) is 0 Å². The number of para-hydroxylation sites is 1. The zero-order valence-electron chi connectivity index (χ0n) is 15.1. The van der Waals surface area contributed by atoms with Crippen LogP contribution in [-0.2, 0) is 17.9 Å². The number of aromatic nitrogens is 4.